The van der Waals surface area contributed by atoms with Gasteiger partial charge >= 0.3 is 6.03 Å². The largest absolute Gasteiger partial charge is 0.368 e. The van der Waals surface area contributed by atoms with Gasteiger partial charge in [-0.25, -0.2) is 9.78 Å². The van der Waals surface area contributed by atoms with Crippen molar-refractivity contribution in [3.63, 3.8) is 0 Å². The molecule has 0 bridgehead atoms. The third kappa shape index (κ3) is 1.25. The fourth-order valence-corrected chi connectivity index (χ4v) is 1.76. The average Bonchev–Trinajstić information content (AvgIpc) is 2.83. The van der Waals surface area contributed by atoms with E-state index < -0.39 is 6.03 Å². The van der Waals surface area contributed by atoms with Crippen LogP contribution in [0.4, 0.5) is 4.79 Å². The predicted molar refractivity (Wildman–Crippen MR) is 56.0 cm³/mol. The summed E-state index contributed by atoms with van der Waals surface area (Å²) in [6.45, 7) is 1.97. The first kappa shape index (κ1) is 8.96. The van der Waals surface area contributed by atoms with Crippen molar-refractivity contribution in [2.75, 3.05) is 0 Å². The zero-order chi connectivity index (χ0) is 11.1. The fourth-order valence-electron chi connectivity index (χ4n) is 1.76. The molecule has 78 valence electrons. The molecule has 3 rings (SSSR count). The van der Waals surface area contributed by atoms with Gasteiger partial charge in [0.1, 0.15) is 0 Å². The maximum atomic E-state index is 11.1. The van der Waals surface area contributed by atoms with Crippen LogP contribution >= 0.6 is 0 Å². The Kier molecular flexibility index (Phi) is 1.73. The molecule has 0 fully saturated rings. The molecule has 1 aromatic carbocycles. The number of benzene rings is 1. The number of urea groups is 1. The number of imidazole rings is 1. The SMILES string of the molecule is Cc1cc2c(cc1-n1ccnc1)=NC(=O)N=2. The second-order valence-electron chi connectivity index (χ2n) is 3.60. The van der Waals surface area contributed by atoms with E-state index in [1.807, 2.05) is 29.8 Å². The summed E-state index contributed by atoms with van der Waals surface area (Å²) in [5.41, 5.74) is 2.00. The van der Waals surface area contributed by atoms with Crippen molar-refractivity contribution >= 4 is 6.03 Å². The summed E-state index contributed by atoms with van der Waals surface area (Å²) in [5.74, 6) is 0. The zero-order valence-corrected chi connectivity index (χ0v) is 8.58. The number of hydrogen-bond donors (Lipinski definition) is 0. The Balaban J connectivity index is 2.32. The molecule has 0 saturated carbocycles. The molecule has 2 aromatic rings. The zero-order valence-electron chi connectivity index (χ0n) is 8.58. The topological polar surface area (TPSA) is 59.6 Å². The number of aromatic nitrogens is 2. The van der Waals surface area contributed by atoms with Gasteiger partial charge in [-0.15, -0.1) is 0 Å². The van der Waals surface area contributed by atoms with Crippen LogP contribution < -0.4 is 10.7 Å². The lowest BCUT2D eigenvalue weighted by Gasteiger charge is -2.04. The number of carbonyl (C=O) groups excluding carboxylic acids is 1. The van der Waals surface area contributed by atoms with Crippen molar-refractivity contribution in [3.8, 4) is 5.69 Å². The van der Waals surface area contributed by atoms with Gasteiger partial charge in [0.25, 0.3) is 0 Å². The van der Waals surface area contributed by atoms with Crippen LogP contribution in [0, 0.1) is 6.92 Å². The van der Waals surface area contributed by atoms with Crippen molar-refractivity contribution in [1.82, 2.24) is 9.55 Å². The molecule has 0 aliphatic carbocycles. The van der Waals surface area contributed by atoms with Gasteiger partial charge in [-0.1, -0.05) is 0 Å². The van der Waals surface area contributed by atoms with E-state index in [0.29, 0.717) is 10.7 Å². The molecule has 0 unspecified atom stereocenters. The first-order valence-corrected chi connectivity index (χ1v) is 4.84. The van der Waals surface area contributed by atoms with E-state index in [9.17, 15) is 4.79 Å². The summed E-state index contributed by atoms with van der Waals surface area (Å²) in [6.07, 6.45) is 5.27. The molecule has 1 aromatic heterocycles. The van der Waals surface area contributed by atoms with Crippen molar-refractivity contribution in [3.05, 3.63) is 47.1 Å². The molecule has 1 aliphatic heterocycles. The minimum atomic E-state index is -0.433. The smallest absolute Gasteiger partial charge is 0.306 e. The van der Waals surface area contributed by atoms with Gasteiger partial charge in [0, 0.05) is 12.4 Å². The molecule has 16 heavy (non-hydrogen) atoms. The highest BCUT2D eigenvalue weighted by Gasteiger charge is 2.08. The van der Waals surface area contributed by atoms with Gasteiger partial charge in [-0.05, 0) is 24.6 Å². The minimum absolute atomic E-state index is 0.433. The van der Waals surface area contributed by atoms with Crippen molar-refractivity contribution in [2.45, 2.75) is 6.92 Å². The first-order chi connectivity index (χ1) is 7.74. The highest BCUT2D eigenvalue weighted by Crippen LogP contribution is 2.09. The Labute approximate surface area is 90.8 Å². The minimum Gasteiger partial charge on any atom is -0.306 e. The molecule has 0 saturated heterocycles. The monoisotopic (exact) mass is 212 g/mol. The third-order valence-corrected chi connectivity index (χ3v) is 2.51. The average molecular weight is 212 g/mol. The Bertz CT molecular complexity index is 686. The molecular formula is C11H8N4O. The van der Waals surface area contributed by atoms with Crippen LogP contribution in [0.25, 0.3) is 5.69 Å². The summed E-state index contributed by atoms with van der Waals surface area (Å²) < 4.78 is 1.88. The van der Waals surface area contributed by atoms with Gasteiger partial charge in [0.15, 0.2) is 0 Å². The van der Waals surface area contributed by atoms with Crippen molar-refractivity contribution in [1.29, 1.82) is 0 Å². The van der Waals surface area contributed by atoms with Crippen LogP contribution in [-0.2, 0) is 0 Å². The number of fused-ring (bicyclic) bond motifs is 1. The van der Waals surface area contributed by atoms with Crippen LogP contribution in [0.15, 0.2) is 40.8 Å². The molecular weight excluding hydrogens is 204 g/mol. The number of carbonyl (C=O) groups is 1. The molecule has 0 spiro atoms. The van der Waals surface area contributed by atoms with Crippen molar-refractivity contribution < 1.29 is 4.79 Å². The number of rotatable bonds is 1. The van der Waals surface area contributed by atoms with Crippen LogP contribution in [0.5, 0.6) is 0 Å². The molecule has 0 N–H and O–H groups in total. The summed E-state index contributed by atoms with van der Waals surface area (Å²) in [5, 5.41) is 1.27. The Morgan fingerprint density at radius 3 is 2.62 bits per heavy atom. The van der Waals surface area contributed by atoms with Gasteiger partial charge < -0.3 is 4.57 Å². The van der Waals surface area contributed by atoms with Gasteiger partial charge in [-0.3, -0.25) is 0 Å². The van der Waals surface area contributed by atoms with E-state index >= 15 is 0 Å². The molecule has 0 atom stereocenters. The lowest BCUT2D eigenvalue weighted by molar-refractivity contribution is 0.256. The van der Waals surface area contributed by atoms with E-state index in [2.05, 4.69) is 15.0 Å². The van der Waals surface area contributed by atoms with E-state index in [1.165, 1.54) is 0 Å². The number of amides is 2. The molecule has 2 amide bonds. The highest BCUT2D eigenvalue weighted by molar-refractivity contribution is 5.77. The summed E-state index contributed by atoms with van der Waals surface area (Å²) in [7, 11) is 0. The van der Waals surface area contributed by atoms with Gasteiger partial charge in [0.2, 0.25) is 0 Å². The quantitative estimate of drug-likeness (QED) is 0.693. The van der Waals surface area contributed by atoms with E-state index in [-0.39, 0.29) is 0 Å². The molecule has 1 aliphatic rings. The summed E-state index contributed by atoms with van der Waals surface area (Å²) in [4.78, 5) is 22.7. The van der Waals surface area contributed by atoms with Crippen LogP contribution in [0.1, 0.15) is 5.56 Å². The third-order valence-electron chi connectivity index (χ3n) is 2.51. The Hall–Kier alpha value is -2.30. The van der Waals surface area contributed by atoms with E-state index in [4.69, 9.17) is 0 Å². The maximum Gasteiger partial charge on any atom is 0.368 e. The maximum absolute atomic E-state index is 11.1. The Morgan fingerprint density at radius 2 is 1.94 bits per heavy atom. The summed E-state index contributed by atoms with van der Waals surface area (Å²) in [6, 6.07) is 3.27. The highest BCUT2D eigenvalue weighted by atomic mass is 16.2. The first-order valence-electron chi connectivity index (χ1n) is 4.84. The van der Waals surface area contributed by atoms with E-state index in [0.717, 1.165) is 11.3 Å². The molecule has 5 nitrogen and oxygen atoms in total. The molecule has 0 radical (unpaired) electrons. The molecule has 2 heterocycles. The fraction of sp³-hybridized carbons (Fsp3) is 0.0909. The van der Waals surface area contributed by atoms with Crippen LogP contribution in [-0.4, -0.2) is 15.6 Å². The second kappa shape index (κ2) is 3.10. The number of nitrogens with zero attached hydrogens (tertiary/aromatic N) is 4. The van der Waals surface area contributed by atoms with Crippen LogP contribution in [0.2, 0.25) is 0 Å². The van der Waals surface area contributed by atoms with Crippen molar-refractivity contribution in [2.24, 2.45) is 9.98 Å². The summed E-state index contributed by atoms with van der Waals surface area (Å²) >= 11 is 0. The van der Waals surface area contributed by atoms with Gasteiger partial charge in [-0.2, -0.15) is 9.98 Å². The Morgan fingerprint density at radius 1 is 1.19 bits per heavy atom. The van der Waals surface area contributed by atoms with Gasteiger partial charge in [0.05, 0.1) is 22.7 Å². The van der Waals surface area contributed by atoms with E-state index in [1.54, 1.807) is 12.5 Å². The van der Waals surface area contributed by atoms with Crippen LogP contribution in [0.3, 0.4) is 0 Å². The number of aryl methyl sites for hydroxylation is 1. The lowest BCUT2D eigenvalue weighted by atomic mass is 10.2. The lowest BCUT2D eigenvalue weighted by Crippen LogP contribution is -2.23. The predicted octanol–water partition coefficient (Wildman–Crippen LogP) is 0.554. The normalized spacial score (nSPS) is 13.2. The number of hydrogen-bond acceptors (Lipinski definition) is 2. The second-order valence-corrected chi connectivity index (χ2v) is 3.60. The standard InChI is InChI=1S/C11H8N4O/c1-7-4-8-9(14-11(16)13-8)5-10(7)15-3-2-12-6-15/h2-6H,1H3. The molecule has 5 heteroatoms.